The number of carbonyl (C=O) groups is 1. The predicted molar refractivity (Wildman–Crippen MR) is 102 cm³/mol. The first-order valence-corrected chi connectivity index (χ1v) is 8.18. The molecule has 0 atom stereocenters. The molecule has 1 N–H and O–H groups in total. The molecule has 0 bridgehead atoms. The van der Waals surface area contributed by atoms with Gasteiger partial charge in [-0.05, 0) is 61.0 Å². The zero-order chi connectivity index (χ0) is 18.4. The Bertz CT molecular complexity index is 933. The fourth-order valence-electron chi connectivity index (χ4n) is 2.38. The van der Waals surface area contributed by atoms with Gasteiger partial charge >= 0.3 is 0 Å². The SMILES string of the molecule is Cc1cccc(Oc2ccc(NC(=O)/C=C/c3ccccc3F)cc2)c1. The van der Waals surface area contributed by atoms with E-state index in [9.17, 15) is 9.18 Å². The molecule has 0 radical (unpaired) electrons. The van der Waals surface area contributed by atoms with Gasteiger partial charge in [-0.1, -0.05) is 30.3 Å². The number of hydrogen-bond donors (Lipinski definition) is 1. The van der Waals surface area contributed by atoms with E-state index in [0.717, 1.165) is 11.3 Å². The van der Waals surface area contributed by atoms with E-state index in [1.54, 1.807) is 42.5 Å². The van der Waals surface area contributed by atoms with Crippen molar-refractivity contribution in [1.29, 1.82) is 0 Å². The van der Waals surface area contributed by atoms with Gasteiger partial charge in [-0.15, -0.1) is 0 Å². The molecule has 0 aliphatic rings. The summed E-state index contributed by atoms with van der Waals surface area (Å²) in [5.41, 5.74) is 2.11. The van der Waals surface area contributed by atoms with Crippen LogP contribution in [0.4, 0.5) is 10.1 Å². The third kappa shape index (κ3) is 4.80. The van der Waals surface area contributed by atoms with Crippen LogP contribution in [-0.2, 0) is 4.79 Å². The topological polar surface area (TPSA) is 38.3 Å². The van der Waals surface area contributed by atoms with E-state index in [0.29, 0.717) is 17.0 Å². The average molecular weight is 347 g/mol. The summed E-state index contributed by atoms with van der Waals surface area (Å²) in [5, 5.41) is 2.73. The molecule has 3 rings (SSSR count). The van der Waals surface area contributed by atoms with Gasteiger partial charge in [0.05, 0.1) is 0 Å². The normalized spacial score (nSPS) is 10.7. The van der Waals surface area contributed by atoms with Crippen molar-refractivity contribution in [2.75, 3.05) is 5.32 Å². The average Bonchev–Trinajstić information content (AvgIpc) is 2.63. The highest BCUT2D eigenvalue weighted by Gasteiger charge is 2.02. The number of amides is 1. The van der Waals surface area contributed by atoms with Crippen molar-refractivity contribution in [3.8, 4) is 11.5 Å². The summed E-state index contributed by atoms with van der Waals surface area (Å²) >= 11 is 0. The highest BCUT2D eigenvalue weighted by Crippen LogP contribution is 2.23. The number of anilines is 1. The number of aryl methyl sites for hydroxylation is 1. The van der Waals surface area contributed by atoms with Crippen molar-refractivity contribution in [2.24, 2.45) is 0 Å². The monoisotopic (exact) mass is 347 g/mol. The number of nitrogens with one attached hydrogen (secondary N) is 1. The summed E-state index contributed by atoms with van der Waals surface area (Å²) in [4.78, 5) is 12.0. The van der Waals surface area contributed by atoms with E-state index < -0.39 is 0 Å². The second kappa shape index (κ2) is 8.12. The highest BCUT2D eigenvalue weighted by molar-refractivity contribution is 6.01. The van der Waals surface area contributed by atoms with Crippen molar-refractivity contribution in [3.63, 3.8) is 0 Å². The molecule has 0 saturated heterocycles. The maximum absolute atomic E-state index is 13.5. The number of ether oxygens (including phenoxy) is 1. The second-order valence-corrected chi connectivity index (χ2v) is 5.79. The van der Waals surface area contributed by atoms with E-state index in [2.05, 4.69) is 5.32 Å². The first-order chi connectivity index (χ1) is 12.6. The molecule has 3 nitrogen and oxygen atoms in total. The van der Waals surface area contributed by atoms with Crippen LogP contribution in [0.3, 0.4) is 0 Å². The van der Waals surface area contributed by atoms with Crippen molar-refractivity contribution in [3.05, 3.63) is 95.8 Å². The quantitative estimate of drug-likeness (QED) is 0.612. The number of carbonyl (C=O) groups excluding carboxylic acids is 1. The second-order valence-electron chi connectivity index (χ2n) is 5.79. The Balaban J connectivity index is 1.60. The van der Waals surface area contributed by atoms with E-state index >= 15 is 0 Å². The summed E-state index contributed by atoms with van der Waals surface area (Å²) < 4.78 is 19.3. The van der Waals surface area contributed by atoms with Crippen molar-refractivity contribution >= 4 is 17.7 Å². The molecule has 0 fully saturated rings. The molecule has 0 saturated carbocycles. The van der Waals surface area contributed by atoms with Crippen LogP contribution in [0.2, 0.25) is 0 Å². The molecule has 0 aliphatic carbocycles. The van der Waals surface area contributed by atoms with Crippen molar-refractivity contribution < 1.29 is 13.9 Å². The third-order valence-corrected chi connectivity index (χ3v) is 3.67. The van der Waals surface area contributed by atoms with Gasteiger partial charge in [0.1, 0.15) is 17.3 Å². The van der Waals surface area contributed by atoms with Crippen molar-refractivity contribution in [2.45, 2.75) is 6.92 Å². The molecule has 4 heteroatoms. The summed E-state index contributed by atoms with van der Waals surface area (Å²) in [5.74, 6) is 0.736. The lowest BCUT2D eigenvalue weighted by molar-refractivity contribution is -0.111. The Morgan fingerprint density at radius 2 is 1.73 bits per heavy atom. The molecule has 0 heterocycles. The number of hydrogen-bond acceptors (Lipinski definition) is 2. The Morgan fingerprint density at radius 3 is 2.46 bits per heavy atom. The first-order valence-electron chi connectivity index (χ1n) is 8.18. The van der Waals surface area contributed by atoms with Crippen LogP contribution in [0.5, 0.6) is 11.5 Å². The summed E-state index contributed by atoms with van der Waals surface area (Å²) in [6.07, 6.45) is 2.75. The van der Waals surface area contributed by atoms with Gasteiger partial charge in [-0.25, -0.2) is 4.39 Å². The molecule has 0 unspecified atom stereocenters. The van der Waals surface area contributed by atoms with Crippen LogP contribution < -0.4 is 10.1 Å². The molecule has 130 valence electrons. The summed E-state index contributed by atoms with van der Waals surface area (Å²) in [6.45, 7) is 2.00. The highest BCUT2D eigenvalue weighted by atomic mass is 19.1. The van der Waals surface area contributed by atoms with Crippen molar-refractivity contribution in [1.82, 2.24) is 0 Å². The van der Waals surface area contributed by atoms with Crippen LogP contribution in [-0.4, -0.2) is 5.91 Å². The Hall–Kier alpha value is -3.40. The van der Waals surface area contributed by atoms with Gasteiger partial charge in [0.2, 0.25) is 5.91 Å². The van der Waals surface area contributed by atoms with Gasteiger partial charge in [-0.3, -0.25) is 4.79 Å². The summed E-state index contributed by atoms with van der Waals surface area (Å²) in [6, 6.07) is 21.1. The molecule has 26 heavy (non-hydrogen) atoms. The fraction of sp³-hybridized carbons (Fsp3) is 0.0455. The van der Waals surface area contributed by atoms with E-state index in [-0.39, 0.29) is 11.7 Å². The number of rotatable bonds is 5. The summed E-state index contributed by atoms with van der Waals surface area (Å²) in [7, 11) is 0. The molecule has 0 aromatic heterocycles. The zero-order valence-corrected chi connectivity index (χ0v) is 14.3. The molecule has 0 aliphatic heterocycles. The minimum Gasteiger partial charge on any atom is -0.457 e. The van der Waals surface area contributed by atoms with Crippen LogP contribution >= 0.6 is 0 Å². The van der Waals surface area contributed by atoms with E-state index in [1.807, 2.05) is 31.2 Å². The number of halogens is 1. The van der Waals surface area contributed by atoms with Gasteiger partial charge in [-0.2, -0.15) is 0 Å². The Kier molecular flexibility index (Phi) is 5.44. The lowest BCUT2D eigenvalue weighted by atomic mass is 10.2. The van der Waals surface area contributed by atoms with Gasteiger partial charge in [0, 0.05) is 17.3 Å². The lowest BCUT2D eigenvalue weighted by Crippen LogP contribution is -2.07. The Labute approximate surface area is 151 Å². The van der Waals surface area contributed by atoms with Gasteiger partial charge < -0.3 is 10.1 Å². The molecule has 3 aromatic rings. The minimum atomic E-state index is -0.366. The van der Waals surface area contributed by atoms with Crippen LogP contribution in [0.1, 0.15) is 11.1 Å². The van der Waals surface area contributed by atoms with Crippen LogP contribution in [0.15, 0.2) is 78.9 Å². The fourth-order valence-corrected chi connectivity index (χ4v) is 2.38. The van der Waals surface area contributed by atoms with E-state index in [1.165, 1.54) is 18.2 Å². The predicted octanol–water partition coefficient (Wildman–Crippen LogP) is 5.58. The number of benzene rings is 3. The molecule has 0 spiro atoms. The molecular weight excluding hydrogens is 329 g/mol. The van der Waals surface area contributed by atoms with Gasteiger partial charge in [0.25, 0.3) is 0 Å². The smallest absolute Gasteiger partial charge is 0.248 e. The van der Waals surface area contributed by atoms with Crippen LogP contribution in [0.25, 0.3) is 6.08 Å². The largest absolute Gasteiger partial charge is 0.457 e. The molecule has 1 amide bonds. The standard InChI is InChI=1S/C22H18FNO2/c1-16-5-4-7-20(15-16)26-19-12-10-18(11-13-19)24-22(25)14-9-17-6-2-3-8-21(17)23/h2-15H,1H3,(H,24,25)/b14-9+. The maximum Gasteiger partial charge on any atom is 0.248 e. The zero-order valence-electron chi connectivity index (χ0n) is 14.3. The maximum atomic E-state index is 13.5. The Morgan fingerprint density at radius 1 is 0.962 bits per heavy atom. The molecule has 3 aromatic carbocycles. The third-order valence-electron chi connectivity index (χ3n) is 3.67. The van der Waals surface area contributed by atoms with Gasteiger partial charge in [0.15, 0.2) is 0 Å². The molecular formula is C22H18FNO2. The minimum absolute atomic E-state index is 0.333. The van der Waals surface area contributed by atoms with E-state index in [4.69, 9.17) is 4.74 Å². The van der Waals surface area contributed by atoms with Crippen LogP contribution in [0, 0.1) is 12.7 Å². The lowest BCUT2D eigenvalue weighted by Gasteiger charge is -2.08. The first kappa shape index (κ1) is 17.4.